The second-order valence-corrected chi connectivity index (χ2v) is 7.71. The average Bonchev–Trinajstić information content (AvgIpc) is 3.03. The van der Waals surface area contributed by atoms with Crippen molar-refractivity contribution in [2.75, 3.05) is 11.9 Å². The van der Waals surface area contributed by atoms with Gasteiger partial charge in [-0.3, -0.25) is 9.48 Å². The number of amides is 1. The van der Waals surface area contributed by atoms with Gasteiger partial charge in [-0.25, -0.2) is 0 Å². The SMILES string of the molecule is O=C(Nc1nn(Cc2c(Cl)cccc2Cl)cc1Cl)c1cccc(COCC(F)(F)F)c1. The highest BCUT2D eigenvalue weighted by molar-refractivity contribution is 6.36. The molecule has 3 rings (SSSR count). The van der Waals surface area contributed by atoms with E-state index >= 15 is 0 Å². The maximum atomic E-state index is 12.5. The van der Waals surface area contributed by atoms with E-state index in [2.05, 4.69) is 15.2 Å². The number of nitrogens with zero attached hydrogens (tertiary/aromatic N) is 2. The summed E-state index contributed by atoms with van der Waals surface area (Å²) < 4.78 is 42.7. The van der Waals surface area contributed by atoms with Crippen LogP contribution in [0.2, 0.25) is 15.1 Å². The van der Waals surface area contributed by atoms with Crippen LogP contribution in [0.25, 0.3) is 0 Å². The molecule has 2 aromatic carbocycles. The predicted octanol–water partition coefficient (Wildman–Crippen LogP) is 6.22. The first kappa shape index (κ1) is 23.4. The van der Waals surface area contributed by atoms with E-state index in [4.69, 9.17) is 34.8 Å². The number of ether oxygens (including phenoxy) is 1. The first-order valence-corrected chi connectivity index (χ1v) is 9.96. The number of hydrogen-bond donors (Lipinski definition) is 1. The van der Waals surface area contributed by atoms with E-state index in [0.717, 1.165) is 0 Å². The van der Waals surface area contributed by atoms with Crippen LogP contribution in [0, 0.1) is 0 Å². The fraction of sp³-hybridized carbons (Fsp3) is 0.200. The Morgan fingerprint density at radius 3 is 2.42 bits per heavy atom. The van der Waals surface area contributed by atoms with Crippen molar-refractivity contribution in [3.05, 3.63) is 80.4 Å². The fourth-order valence-corrected chi connectivity index (χ4v) is 3.39. The van der Waals surface area contributed by atoms with Crippen LogP contribution in [-0.2, 0) is 17.9 Å². The Morgan fingerprint density at radius 2 is 1.74 bits per heavy atom. The summed E-state index contributed by atoms with van der Waals surface area (Å²) in [5.41, 5.74) is 1.28. The second kappa shape index (κ2) is 9.91. The molecule has 31 heavy (non-hydrogen) atoms. The predicted molar refractivity (Wildman–Crippen MR) is 113 cm³/mol. The van der Waals surface area contributed by atoms with E-state index in [9.17, 15) is 18.0 Å². The van der Waals surface area contributed by atoms with Crippen molar-refractivity contribution in [3.63, 3.8) is 0 Å². The molecule has 0 aliphatic heterocycles. The van der Waals surface area contributed by atoms with Gasteiger partial charge in [0.2, 0.25) is 0 Å². The minimum atomic E-state index is -4.42. The summed E-state index contributed by atoms with van der Waals surface area (Å²) >= 11 is 18.5. The summed E-state index contributed by atoms with van der Waals surface area (Å²) in [5.74, 6) is -0.408. The van der Waals surface area contributed by atoms with Gasteiger partial charge in [-0.1, -0.05) is 53.0 Å². The summed E-state index contributed by atoms with van der Waals surface area (Å²) in [6.07, 6.45) is -2.91. The fourth-order valence-electron chi connectivity index (χ4n) is 2.67. The summed E-state index contributed by atoms with van der Waals surface area (Å²) in [6, 6.07) is 11.2. The Morgan fingerprint density at radius 1 is 1.06 bits per heavy atom. The number of benzene rings is 2. The van der Waals surface area contributed by atoms with E-state index in [0.29, 0.717) is 21.2 Å². The lowest BCUT2D eigenvalue weighted by Gasteiger charge is -2.09. The van der Waals surface area contributed by atoms with Crippen molar-refractivity contribution >= 4 is 46.5 Å². The Labute approximate surface area is 190 Å². The highest BCUT2D eigenvalue weighted by Crippen LogP contribution is 2.27. The quantitative estimate of drug-likeness (QED) is 0.426. The third-order valence-corrected chi connectivity index (χ3v) is 5.04. The van der Waals surface area contributed by atoms with Crippen molar-refractivity contribution < 1.29 is 22.7 Å². The molecule has 0 atom stereocenters. The maximum absolute atomic E-state index is 12.5. The summed E-state index contributed by atoms with van der Waals surface area (Å²) in [5, 5.41) is 7.95. The van der Waals surface area contributed by atoms with Crippen molar-refractivity contribution in [2.24, 2.45) is 0 Å². The molecular formula is C20H15Cl3F3N3O2. The van der Waals surface area contributed by atoms with Gasteiger partial charge in [0, 0.05) is 27.4 Å². The number of carbonyl (C=O) groups is 1. The highest BCUT2D eigenvalue weighted by Gasteiger charge is 2.27. The normalized spacial score (nSPS) is 11.5. The van der Waals surface area contributed by atoms with Gasteiger partial charge >= 0.3 is 6.18 Å². The van der Waals surface area contributed by atoms with Crippen LogP contribution in [0.5, 0.6) is 0 Å². The molecule has 0 unspecified atom stereocenters. The van der Waals surface area contributed by atoms with E-state index in [1.807, 2.05) is 0 Å². The zero-order chi connectivity index (χ0) is 22.6. The van der Waals surface area contributed by atoms with Crippen molar-refractivity contribution in [2.45, 2.75) is 19.3 Å². The lowest BCUT2D eigenvalue weighted by Crippen LogP contribution is -2.17. The third kappa shape index (κ3) is 6.61. The molecule has 0 aliphatic rings. The van der Waals surface area contributed by atoms with Gasteiger partial charge in [0.25, 0.3) is 5.91 Å². The number of carbonyl (C=O) groups excluding carboxylic acids is 1. The Kier molecular flexibility index (Phi) is 7.48. The molecule has 1 N–H and O–H groups in total. The second-order valence-electron chi connectivity index (χ2n) is 6.49. The van der Waals surface area contributed by atoms with Crippen LogP contribution >= 0.6 is 34.8 Å². The van der Waals surface area contributed by atoms with Crippen molar-refractivity contribution in [3.8, 4) is 0 Å². The van der Waals surface area contributed by atoms with Gasteiger partial charge in [-0.05, 0) is 29.8 Å². The molecule has 5 nitrogen and oxygen atoms in total. The van der Waals surface area contributed by atoms with Crippen molar-refractivity contribution in [1.29, 1.82) is 0 Å². The zero-order valence-electron chi connectivity index (χ0n) is 15.7. The molecule has 1 heterocycles. The van der Waals surface area contributed by atoms with Crippen LogP contribution in [0.4, 0.5) is 19.0 Å². The molecule has 0 spiro atoms. The Balaban J connectivity index is 1.68. The van der Waals surface area contributed by atoms with Crippen LogP contribution in [0.15, 0.2) is 48.7 Å². The molecule has 0 aliphatic carbocycles. The van der Waals surface area contributed by atoms with Crippen LogP contribution in [0.1, 0.15) is 21.5 Å². The number of anilines is 1. The molecule has 0 bridgehead atoms. The molecule has 164 valence electrons. The minimum Gasteiger partial charge on any atom is -0.367 e. The Hall–Kier alpha value is -2.26. The zero-order valence-corrected chi connectivity index (χ0v) is 18.0. The van der Waals surface area contributed by atoms with Crippen LogP contribution < -0.4 is 5.32 Å². The first-order valence-electron chi connectivity index (χ1n) is 8.83. The first-order chi connectivity index (χ1) is 14.6. The highest BCUT2D eigenvalue weighted by atomic mass is 35.5. The van der Waals surface area contributed by atoms with E-state index in [1.54, 1.807) is 30.3 Å². The topological polar surface area (TPSA) is 56.2 Å². The van der Waals surface area contributed by atoms with Gasteiger partial charge in [0.05, 0.1) is 13.2 Å². The molecule has 1 aromatic heterocycles. The third-order valence-electron chi connectivity index (χ3n) is 4.05. The number of aromatic nitrogens is 2. The maximum Gasteiger partial charge on any atom is 0.411 e. The van der Waals surface area contributed by atoms with Gasteiger partial charge in [0.15, 0.2) is 5.82 Å². The molecular weight excluding hydrogens is 478 g/mol. The lowest BCUT2D eigenvalue weighted by atomic mass is 10.1. The molecule has 1 amide bonds. The monoisotopic (exact) mass is 491 g/mol. The molecule has 0 radical (unpaired) electrons. The molecule has 11 heteroatoms. The summed E-state index contributed by atoms with van der Waals surface area (Å²) in [6.45, 7) is -1.42. The van der Waals surface area contributed by atoms with Gasteiger partial charge in [-0.2, -0.15) is 18.3 Å². The summed E-state index contributed by atoms with van der Waals surface area (Å²) in [4.78, 5) is 12.5. The number of alkyl halides is 3. The Bertz CT molecular complexity index is 1070. The van der Waals surface area contributed by atoms with E-state index in [-0.39, 0.29) is 29.6 Å². The van der Waals surface area contributed by atoms with E-state index < -0.39 is 18.7 Å². The molecule has 0 saturated carbocycles. The lowest BCUT2D eigenvalue weighted by molar-refractivity contribution is -0.176. The van der Waals surface area contributed by atoms with Crippen LogP contribution in [0.3, 0.4) is 0 Å². The standard InChI is InChI=1S/C20H15Cl3F3N3O2/c21-15-5-2-6-16(22)14(15)8-29-9-17(23)18(28-29)27-19(30)13-4-1-3-12(7-13)10-31-11-20(24,25)26/h1-7,9H,8,10-11H2,(H,27,28,30). The smallest absolute Gasteiger partial charge is 0.367 e. The van der Waals surface area contributed by atoms with Gasteiger partial charge in [-0.15, -0.1) is 0 Å². The summed E-state index contributed by atoms with van der Waals surface area (Å²) in [7, 11) is 0. The van der Waals surface area contributed by atoms with E-state index in [1.165, 1.54) is 23.0 Å². The number of halogens is 6. The number of hydrogen-bond acceptors (Lipinski definition) is 3. The van der Waals surface area contributed by atoms with Crippen LogP contribution in [-0.4, -0.2) is 28.5 Å². The van der Waals surface area contributed by atoms with Gasteiger partial charge < -0.3 is 10.1 Å². The minimum absolute atomic E-state index is 0.119. The van der Waals surface area contributed by atoms with Gasteiger partial charge in [0.1, 0.15) is 11.6 Å². The number of rotatable bonds is 7. The molecule has 3 aromatic rings. The van der Waals surface area contributed by atoms with Crippen molar-refractivity contribution in [1.82, 2.24) is 9.78 Å². The largest absolute Gasteiger partial charge is 0.411 e. The molecule has 0 fully saturated rings. The average molecular weight is 493 g/mol. The molecule has 0 saturated heterocycles. The number of nitrogens with one attached hydrogen (secondary N) is 1.